The smallest absolute Gasteiger partial charge is 0.267 e. The van der Waals surface area contributed by atoms with Crippen molar-refractivity contribution < 1.29 is 4.79 Å². The normalized spacial score (nSPS) is 14.4. The van der Waals surface area contributed by atoms with Gasteiger partial charge in [-0.1, -0.05) is 17.4 Å². The van der Waals surface area contributed by atoms with Crippen molar-refractivity contribution in [2.45, 2.75) is 19.8 Å². The zero-order valence-electron chi connectivity index (χ0n) is 11.9. The molecule has 0 bridgehead atoms. The molecule has 21 heavy (non-hydrogen) atoms. The molecule has 1 fully saturated rings. The van der Waals surface area contributed by atoms with Crippen LogP contribution in [0.15, 0.2) is 24.3 Å². The summed E-state index contributed by atoms with van der Waals surface area (Å²) in [4.78, 5) is 19.3. The molecule has 3 N–H and O–H groups in total. The first-order valence-corrected chi connectivity index (χ1v) is 7.84. The maximum Gasteiger partial charge on any atom is 0.267 e. The van der Waals surface area contributed by atoms with Gasteiger partial charge in [0.15, 0.2) is 5.13 Å². The van der Waals surface area contributed by atoms with Crippen LogP contribution in [0.2, 0.25) is 0 Å². The summed E-state index contributed by atoms with van der Waals surface area (Å²) in [7, 11) is 0. The van der Waals surface area contributed by atoms with Crippen molar-refractivity contribution in [2.24, 2.45) is 0 Å². The van der Waals surface area contributed by atoms with E-state index in [0.717, 1.165) is 24.5 Å². The zero-order valence-corrected chi connectivity index (χ0v) is 12.7. The standard InChI is InChI=1S/C15H18N4OS/c1-10-13(21-15(16)17-10)14(20)18-11-5-4-6-12(9-11)19-7-2-3-8-19/h4-6,9H,2-3,7-8H2,1H3,(H2,16,17)(H,18,20). The van der Waals surface area contributed by atoms with E-state index in [0.29, 0.717) is 15.7 Å². The zero-order chi connectivity index (χ0) is 14.8. The van der Waals surface area contributed by atoms with Crippen LogP contribution in [0.4, 0.5) is 16.5 Å². The average molecular weight is 302 g/mol. The second-order valence-corrected chi connectivity index (χ2v) is 6.20. The van der Waals surface area contributed by atoms with Gasteiger partial charge in [0.2, 0.25) is 0 Å². The summed E-state index contributed by atoms with van der Waals surface area (Å²) in [6.45, 7) is 3.96. The molecular weight excluding hydrogens is 284 g/mol. The van der Waals surface area contributed by atoms with Crippen LogP contribution in [0.25, 0.3) is 0 Å². The second kappa shape index (κ2) is 5.73. The quantitative estimate of drug-likeness (QED) is 0.914. The van der Waals surface area contributed by atoms with Gasteiger partial charge in [0.05, 0.1) is 5.69 Å². The lowest BCUT2D eigenvalue weighted by atomic mass is 10.2. The van der Waals surface area contributed by atoms with E-state index in [9.17, 15) is 4.79 Å². The Bertz CT molecular complexity index is 661. The highest BCUT2D eigenvalue weighted by Gasteiger charge is 2.16. The molecule has 0 unspecified atom stereocenters. The van der Waals surface area contributed by atoms with Gasteiger partial charge in [0.1, 0.15) is 4.88 Å². The molecule has 0 aliphatic carbocycles. The molecule has 0 saturated carbocycles. The molecule has 2 heterocycles. The van der Waals surface area contributed by atoms with Crippen LogP contribution in [-0.2, 0) is 0 Å². The van der Waals surface area contributed by atoms with Crippen LogP contribution < -0.4 is 16.0 Å². The van der Waals surface area contributed by atoms with Crippen molar-refractivity contribution in [3.63, 3.8) is 0 Å². The lowest BCUT2D eigenvalue weighted by Crippen LogP contribution is -2.18. The monoisotopic (exact) mass is 302 g/mol. The van der Waals surface area contributed by atoms with E-state index >= 15 is 0 Å². The third kappa shape index (κ3) is 3.00. The van der Waals surface area contributed by atoms with Crippen molar-refractivity contribution in [3.05, 3.63) is 34.8 Å². The maximum atomic E-state index is 12.3. The van der Waals surface area contributed by atoms with Crippen molar-refractivity contribution >= 4 is 33.8 Å². The third-order valence-electron chi connectivity index (χ3n) is 3.59. The molecule has 1 aromatic carbocycles. The highest BCUT2D eigenvalue weighted by Crippen LogP contribution is 2.25. The number of carbonyl (C=O) groups excluding carboxylic acids is 1. The van der Waals surface area contributed by atoms with Crippen molar-refractivity contribution in [2.75, 3.05) is 29.0 Å². The number of nitrogens with one attached hydrogen (secondary N) is 1. The summed E-state index contributed by atoms with van der Waals surface area (Å²) < 4.78 is 0. The molecule has 1 aliphatic heterocycles. The molecule has 1 aromatic heterocycles. The molecule has 0 atom stereocenters. The Balaban J connectivity index is 1.77. The van der Waals surface area contributed by atoms with Gasteiger partial charge in [-0.3, -0.25) is 4.79 Å². The number of aryl methyl sites for hydroxylation is 1. The summed E-state index contributed by atoms with van der Waals surface area (Å²) in [5.74, 6) is -0.153. The summed E-state index contributed by atoms with van der Waals surface area (Å²) in [5, 5.41) is 3.35. The van der Waals surface area contributed by atoms with Gasteiger partial charge in [-0.25, -0.2) is 4.98 Å². The topological polar surface area (TPSA) is 71.2 Å². The predicted molar refractivity (Wildman–Crippen MR) is 87.1 cm³/mol. The van der Waals surface area contributed by atoms with Crippen molar-refractivity contribution in [1.82, 2.24) is 4.98 Å². The Kier molecular flexibility index (Phi) is 3.79. The average Bonchev–Trinajstić information content (AvgIpc) is 3.08. The minimum atomic E-state index is -0.153. The number of nitrogen functional groups attached to an aromatic ring is 1. The van der Waals surface area contributed by atoms with Crippen LogP contribution in [0.5, 0.6) is 0 Å². The van der Waals surface area contributed by atoms with Crippen LogP contribution in [-0.4, -0.2) is 24.0 Å². The fourth-order valence-corrected chi connectivity index (χ4v) is 3.30. The molecule has 5 nitrogen and oxygen atoms in total. The SMILES string of the molecule is Cc1nc(N)sc1C(=O)Nc1cccc(N2CCCC2)c1. The molecule has 1 amide bonds. The number of carbonyl (C=O) groups is 1. The molecule has 6 heteroatoms. The van der Waals surface area contributed by atoms with Crippen LogP contribution >= 0.6 is 11.3 Å². The molecular formula is C15H18N4OS. The van der Waals surface area contributed by atoms with Crippen LogP contribution in [0, 0.1) is 6.92 Å². The Morgan fingerprint density at radius 3 is 2.81 bits per heavy atom. The van der Waals surface area contributed by atoms with Gasteiger partial charge in [-0.2, -0.15) is 0 Å². The maximum absolute atomic E-state index is 12.3. The minimum absolute atomic E-state index is 0.153. The molecule has 0 radical (unpaired) electrons. The molecule has 110 valence electrons. The van der Waals surface area contributed by atoms with E-state index in [1.807, 2.05) is 18.2 Å². The number of amides is 1. The Hall–Kier alpha value is -2.08. The second-order valence-electron chi connectivity index (χ2n) is 5.17. The lowest BCUT2D eigenvalue weighted by Gasteiger charge is -2.18. The molecule has 1 aliphatic rings. The number of anilines is 3. The fraction of sp³-hybridized carbons (Fsp3) is 0.333. The number of hydrogen-bond acceptors (Lipinski definition) is 5. The largest absolute Gasteiger partial charge is 0.375 e. The van der Waals surface area contributed by atoms with E-state index < -0.39 is 0 Å². The first-order chi connectivity index (χ1) is 10.1. The Labute approximate surface area is 127 Å². The van der Waals surface area contributed by atoms with Crippen LogP contribution in [0.1, 0.15) is 28.2 Å². The summed E-state index contributed by atoms with van der Waals surface area (Å²) >= 11 is 1.22. The molecule has 0 spiro atoms. The number of nitrogens with zero attached hydrogens (tertiary/aromatic N) is 2. The fourth-order valence-electron chi connectivity index (χ4n) is 2.57. The lowest BCUT2D eigenvalue weighted by molar-refractivity contribution is 0.103. The number of nitrogens with two attached hydrogens (primary N) is 1. The van der Waals surface area contributed by atoms with E-state index in [1.54, 1.807) is 6.92 Å². The first kappa shape index (κ1) is 13.9. The highest BCUT2D eigenvalue weighted by atomic mass is 32.1. The molecule has 2 aromatic rings. The van der Waals surface area contributed by atoms with Crippen LogP contribution in [0.3, 0.4) is 0 Å². The summed E-state index contributed by atoms with van der Waals surface area (Å²) in [5.41, 5.74) is 8.27. The Morgan fingerprint density at radius 1 is 1.38 bits per heavy atom. The highest BCUT2D eigenvalue weighted by molar-refractivity contribution is 7.17. The van der Waals surface area contributed by atoms with Crippen molar-refractivity contribution in [1.29, 1.82) is 0 Å². The van der Waals surface area contributed by atoms with Gasteiger partial charge in [0, 0.05) is 24.5 Å². The number of thiazole rings is 1. The van der Waals surface area contributed by atoms with E-state index in [1.165, 1.54) is 24.2 Å². The number of aromatic nitrogens is 1. The summed E-state index contributed by atoms with van der Waals surface area (Å²) in [6, 6.07) is 7.97. The van der Waals surface area contributed by atoms with Gasteiger partial charge >= 0.3 is 0 Å². The number of hydrogen-bond donors (Lipinski definition) is 2. The van der Waals surface area contributed by atoms with Gasteiger partial charge in [-0.05, 0) is 38.0 Å². The van der Waals surface area contributed by atoms with E-state index in [-0.39, 0.29) is 5.91 Å². The predicted octanol–water partition coefficient (Wildman–Crippen LogP) is 2.89. The first-order valence-electron chi connectivity index (χ1n) is 7.03. The van der Waals surface area contributed by atoms with E-state index in [2.05, 4.69) is 21.3 Å². The molecule has 1 saturated heterocycles. The summed E-state index contributed by atoms with van der Waals surface area (Å²) in [6.07, 6.45) is 2.46. The van der Waals surface area contributed by atoms with E-state index in [4.69, 9.17) is 5.73 Å². The number of benzene rings is 1. The Morgan fingerprint density at radius 2 is 2.14 bits per heavy atom. The number of rotatable bonds is 3. The van der Waals surface area contributed by atoms with Gasteiger partial charge in [0.25, 0.3) is 5.91 Å². The van der Waals surface area contributed by atoms with Gasteiger partial charge in [-0.15, -0.1) is 0 Å². The van der Waals surface area contributed by atoms with Crippen molar-refractivity contribution in [3.8, 4) is 0 Å². The third-order valence-corrected chi connectivity index (χ3v) is 4.58. The minimum Gasteiger partial charge on any atom is -0.375 e. The van der Waals surface area contributed by atoms with Gasteiger partial charge < -0.3 is 16.0 Å². The molecule has 3 rings (SSSR count).